The van der Waals surface area contributed by atoms with Crippen molar-refractivity contribution in [2.75, 3.05) is 4.72 Å². The highest BCUT2D eigenvalue weighted by Crippen LogP contribution is 2.26. The van der Waals surface area contributed by atoms with Crippen molar-refractivity contribution in [3.8, 4) is 5.75 Å². The van der Waals surface area contributed by atoms with Gasteiger partial charge in [-0.25, -0.2) is 23.0 Å². The van der Waals surface area contributed by atoms with E-state index in [1.165, 1.54) is 61.7 Å². The molecule has 0 aliphatic carbocycles. The minimum Gasteiger partial charge on any atom is -0.507 e. The highest BCUT2D eigenvalue weighted by molar-refractivity contribution is 7.92. The van der Waals surface area contributed by atoms with E-state index >= 15 is 0 Å². The molecule has 0 fully saturated rings. The Bertz CT molecular complexity index is 1280. The smallest absolute Gasteiger partial charge is 0.339 e. The predicted molar refractivity (Wildman–Crippen MR) is 120 cm³/mol. The van der Waals surface area contributed by atoms with Gasteiger partial charge in [0.2, 0.25) is 0 Å². The fourth-order valence-corrected chi connectivity index (χ4v) is 3.19. The third-order valence-corrected chi connectivity index (χ3v) is 5.27. The molecule has 13 heteroatoms. The number of aliphatic carboxylic acids is 1. The molecule has 0 amide bonds. The average Bonchev–Trinajstić information content (AvgIpc) is 2.79. The second kappa shape index (κ2) is 11.5. The third-order valence-electron chi connectivity index (χ3n) is 3.90. The number of benzene rings is 2. The van der Waals surface area contributed by atoms with Crippen molar-refractivity contribution >= 4 is 39.2 Å². The average molecular weight is 488 g/mol. The predicted octanol–water partition coefficient (Wildman–Crippen LogP) is 3.15. The molecule has 3 aromatic rings. The fourth-order valence-electron chi connectivity index (χ4n) is 2.18. The maximum Gasteiger partial charge on any atom is 0.339 e. The highest BCUT2D eigenvalue weighted by atomic mass is 32.2. The lowest BCUT2D eigenvalue weighted by Gasteiger charge is -2.07. The van der Waals surface area contributed by atoms with Crippen LogP contribution in [0.3, 0.4) is 0 Å². The summed E-state index contributed by atoms with van der Waals surface area (Å²) in [7, 11) is -3.79. The van der Waals surface area contributed by atoms with Gasteiger partial charge in [-0.1, -0.05) is 6.07 Å². The number of aromatic hydroxyl groups is 1. The number of sulfonamides is 1. The lowest BCUT2D eigenvalue weighted by Crippen LogP contribution is -2.13. The lowest BCUT2D eigenvalue weighted by atomic mass is 10.2. The first-order valence-electron chi connectivity index (χ1n) is 9.42. The van der Waals surface area contributed by atoms with Crippen LogP contribution in [-0.4, -0.2) is 51.9 Å². The molecule has 5 N–H and O–H groups in total. The number of anilines is 1. The lowest BCUT2D eigenvalue weighted by molar-refractivity contribution is -0.145. The SMILES string of the molecule is CC(O)C(=O)O.O=C(O)c1cc(N=Nc2ccc(S(=O)(=O)Nc3ccccn3)cc2)ccc1O. The number of nitrogens with one attached hydrogen (secondary N) is 1. The van der Waals surface area contributed by atoms with E-state index in [2.05, 4.69) is 19.9 Å². The Morgan fingerprint density at radius 3 is 2.09 bits per heavy atom. The van der Waals surface area contributed by atoms with Gasteiger partial charge in [0.05, 0.1) is 16.3 Å². The molecule has 12 nitrogen and oxygen atoms in total. The molecular formula is C21H20N4O8S. The van der Waals surface area contributed by atoms with Crippen LogP contribution < -0.4 is 4.72 Å². The zero-order valence-corrected chi connectivity index (χ0v) is 18.4. The number of rotatable bonds is 7. The number of nitrogens with zero attached hydrogens (tertiary/aromatic N) is 3. The molecule has 3 rings (SSSR count). The summed E-state index contributed by atoms with van der Waals surface area (Å²) >= 11 is 0. The van der Waals surface area contributed by atoms with Crippen LogP contribution in [0.15, 0.2) is 82.0 Å². The number of aliphatic hydroxyl groups excluding tert-OH is 1. The molecular weight excluding hydrogens is 468 g/mol. The van der Waals surface area contributed by atoms with Crippen LogP contribution in [0.5, 0.6) is 5.75 Å². The van der Waals surface area contributed by atoms with Crippen molar-refractivity contribution in [2.24, 2.45) is 10.2 Å². The molecule has 1 heterocycles. The number of carbonyl (C=O) groups is 2. The quantitative estimate of drug-likeness (QED) is 0.310. The minimum atomic E-state index is -3.79. The first kappa shape index (κ1) is 25.9. The van der Waals surface area contributed by atoms with Gasteiger partial charge in [0.15, 0.2) is 0 Å². The number of aromatic nitrogens is 1. The van der Waals surface area contributed by atoms with E-state index in [4.69, 9.17) is 15.3 Å². The maximum absolute atomic E-state index is 12.3. The number of carboxylic acids is 2. The Morgan fingerprint density at radius 1 is 0.971 bits per heavy atom. The van der Waals surface area contributed by atoms with Gasteiger partial charge in [0.25, 0.3) is 10.0 Å². The normalized spacial score (nSPS) is 11.8. The van der Waals surface area contributed by atoms with E-state index < -0.39 is 28.1 Å². The van der Waals surface area contributed by atoms with Gasteiger partial charge in [-0.3, -0.25) is 4.72 Å². The molecule has 0 spiro atoms. The molecule has 178 valence electrons. The molecule has 0 saturated carbocycles. The topological polar surface area (TPSA) is 199 Å². The molecule has 1 unspecified atom stereocenters. The molecule has 0 saturated heterocycles. The summed E-state index contributed by atoms with van der Waals surface area (Å²) in [5.74, 6) is -2.64. The second-order valence-corrected chi connectivity index (χ2v) is 8.22. The number of hydrogen-bond acceptors (Lipinski definition) is 9. The van der Waals surface area contributed by atoms with Crippen LogP contribution in [0, 0.1) is 0 Å². The number of phenols is 1. The molecule has 0 aliphatic rings. The van der Waals surface area contributed by atoms with Gasteiger partial charge in [0.1, 0.15) is 23.2 Å². The van der Waals surface area contributed by atoms with Crippen molar-refractivity contribution < 1.29 is 38.4 Å². The zero-order chi connectivity index (χ0) is 25.3. The summed E-state index contributed by atoms with van der Waals surface area (Å²) in [6.07, 6.45) is 0.241. The first-order valence-corrected chi connectivity index (χ1v) is 10.9. The van der Waals surface area contributed by atoms with Crippen molar-refractivity contribution in [2.45, 2.75) is 17.9 Å². The summed E-state index contributed by atoms with van der Waals surface area (Å²) in [4.78, 5) is 24.4. The van der Waals surface area contributed by atoms with Crippen LogP contribution >= 0.6 is 0 Å². The molecule has 0 radical (unpaired) electrons. The summed E-state index contributed by atoms with van der Waals surface area (Å²) < 4.78 is 27.0. The Kier molecular flexibility index (Phi) is 8.75. The zero-order valence-electron chi connectivity index (χ0n) is 17.6. The van der Waals surface area contributed by atoms with Crippen molar-refractivity contribution in [1.29, 1.82) is 0 Å². The van der Waals surface area contributed by atoms with Gasteiger partial charge >= 0.3 is 11.9 Å². The fraction of sp³-hybridized carbons (Fsp3) is 0.0952. The van der Waals surface area contributed by atoms with Crippen molar-refractivity contribution in [1.82, 2.24) is 4.98 Å². The third kappa shape index (κ3) is 7.65. The number of azo groups is 1. The van der Waals surface area contributed by atoms with Crippen molar-refractivity contribution in [3.63, 3.8) is 0 Å². The molecule has 2 aromatic carbocycles. The molecule has 1 atom stereocenters. The highest BCUT2D eigenvalue weighted by Gasteiger charge is 2.14. The van der Waals surface area contributed by atoms with E-state index in [9.17, 15) is 23.1 Å². The molecule has 34 heavy (non-hydrogen) atoms. The number of pyridine rings is 1. The van der Waals surface area contributed by atoms with Crippen LogP contribution in [0.1, 0.15) is 17.3 Å². The Balaban J connectivity index is 0.000000604. The van der Waals surface area contributed by atoms with Crippen LogP contribution in [0.25, 0.3) is 0 Å². The molecule has 0 bridgehead atoms. The maximum atomic E-state index is 12.3. The summed E-state index contributed by atoms with van der Waals surface area (Å²) in [6, 6.07) is 14.3. The van der Waals surface area contributed by atoms with Gasteiger partial charge in [0, 0.05) is 6.20 Å². The molecule has 1 aromatic heterocycles. The number of aliphatic hydroxyl groups is 1. The van der Waals surface area contributed by atoms with Gasteiger partial charge in [-0.2, -0.15) is 10.2 Å². The van der Waals surface area contributed by atoms with E-state index in [0.717, 1.165) is 0 Å². The molecule has 0 aliphatic heterocycles. The first-order chi connectivity index (χ1) is 16.0. The Morgan fingerprint density at radius 2 is 1.56 bits per heavy atom. The van der Waals surface area contributed by atoms with Crippen LogP contribution in [0.4, 0.5) is 17.2 Å². The van der Waals surface area contributed by atoms with E-state index in [1.807, 2.05) is 0 Å². The number of carboxylic acid groups (broad SMARTS) is 2. The second-order valence-electron chi connectivity index (χ2n) is 6.54. The van der Waals surface area contributed by atoms with E-state index in [-0.39, 0.29) is 27.7 Å². The van der Waals surface area contributed by atoms with E-state index in [0.29, 0.717) is 5.69 Å². The van der Waals surface area contributed by atoms with Gasteiger partial charge in [-0.05, 0) is 61.5 Å². The minimum absolute atomic E-state index is 0.0231. The van der Waals surface area contributed by atoms with Gasteiger partial charge < -0.3 is 20.4 Å². The Labute approximate surface area is 193 Å². The standard InChI is InChI=1S/C18H14N4O5S.C3H6O3/c23-16-9-6-13(11-15(16)18(24)25)21-20-12-4-7-14(8-5-12)28(26,27)22-17-3-1-2-10-19-17;1-2(4)3(5)6/h1-11,23H,(H,19,22)(H,24,25);2,4H,1H3,(H,5,6). The van der Waals surface area contributed by atoms with E-state index in [1.54, 1.807) is 12.1 Å². The van der Waals surface area contributed by atoms with Gasteiger partial charge in [-0.15, -0.1) is 0 Å². The summed E-state index contributed by atoms with van der Waals surface area (Å²) in [6.45, 7) is 1.20. The number of aromatic carboxylic acids is 1. The largest absolute Gasteiger partial charge is 0.507 e. The van der Waals surface area contributed by atoms with Crippen LogP contribution in [0.2, 0.25) is 0 Å². The summed E-state index contributed by atoms with van der Waals surface area (Å²) in [5, 5.41) is 42.1. The van der Waals surface area contributed by atoms with Crippen LogP contribution in [-0.2, 0) is 14.8 Å². The Hall–Kier alpha value is -4.36. The van der Waals surface area contributed by atoms with Crippen molar-refractivity contribution in [3.05, 3.63) is 72.4 Å². The number of hydrogen-bond donors (Lipinski definition) is 5. The monoisotopic (exact) mass is 488 g/mol. The summed E-state index contributed by atoms with van der Waals surface area (Å²) in [5.41, 5.74) is 0.295.